The first kappa shape index (κ1) is 13.2. The fourth-order valence-electron chi connectivity index (χ4n) is 2.90. The van der Waals surface area contributed by atoms with Gasteiger partial charge in [-0.1, -0.05) is 0 Å². The predicted octanol–water partition coefficient (Wildman–Crippen LogP) is 2.68. The molecule has 0 atom stereocenters. The molecule has 0 bridgehead atoms. The first-order valence-electron chi connectivity index (χ1n) is 7.18. The van der Waals surface area contributed by atoms with E-state index in [4.69, 9.17) is 10.5 Å². The molecule has 1 fully saturated rings. The largest absolute Gasteiger partial charge is 0.398 e. The SMILES string of the molecule is CN(CC1CCOCC1)c1ccc(N)c2cccnc12. The molecule has 0 radical (unpaired) electrons. The molecule has 2 aromatic rings. The number of nitrogens with zero attached hydrogens (tertiary/aromatic N) is 2. The van der Waals surface area contributed by atoms with Crippen molar-refractivity contribution >= 4 is 22.3 Å². The molecular weight excluding hydrogens is 250 g/mol. The molecular formula is C16H21N3O. The third-order valence-corrected chi connectivity index (χ3v) is 4.07. The quantitative estimate of drug-likeness (QED) is 0.872. The summed E-state index contributed by atoms with van der Waals surface area (Å²) in [4.78, 5) is 6.81. The first-order chi connectivity index (χ1) is 9.75. The average molecular weight is 271 g/mol. The lowest BCUT2D eigenvalue weighted by atomic mass is 9.99. The highest BCUT2D eigenvalue weighted by molar-refractivity contribution is 5.98. The molecule has 1 aromatic heterocycles. The smallest absolute Gasteiger partial charge is 0.0955 e. The van der Waals surface area contributed by atoms with E-state index in [-0.39, 0.29) is 0 Å². The number of ether oxygens (including phenoxy) is 1. The Morgan fingerprint density at radius 2 is 2.10 bits per heavy atom. The van der Waals surface area contributed by atoms with Gasteiger partial charge in [0.05, 0.1) is 11.2 Å². The average Bonchev–Trinajstić information content (AvgIpc) is 2.49. The van der Waals surface area contributed by atoms with E-state index in [0.29, 0.717) is 5.92 Å². The van der Waals surface area contributed by atoms with Crippen molar-refractivity contribution in [3.63, 3.8) is 0 Å². The zero-order valence-electron chi connectivity index (χ0n) is 11.9. The summed E-state index contributed by atoms with van der Waals surface area (Å²) in [6.07, 6.45) is 4.11. The zero-order valence-corrected chi connectivity index (χ0v) is 11.9. The predicted molar refractivity (Wildman–Crippen MR) is 83.0 cm³/mol. The summed E-state index contributed by atoms with van der Waals surface area (Å²) >= 11 is 0. The second-order valence-electron chi connectivity index (χ2n) is 5.51. The van der Waals surface area contributed by atoms with E-state index < -0.39 is 0 Å². The van der Waals surface area contributed by atoms with Crippen LogP contribution in [0.5, 0.6) is 0 Å². The minimum atomic E-state index is 0.699. The minimum absolute atomic E-state index is 0.699. The Labute approximate surface area is 119 Å². The fraction of sp³-hybridized carbons (Fsp3) is 0.438. The summed E-state index contributed by atoms with van der Waals surface area (Å²) in [6, 6.07) is 8.01. The fourth-order valence-corrected chi connectivity index (χ4v) is 2.90. The number of rotatable bonds is 3. The lowest BCUT2D eigenvalue weighted by Crippen LogP contribution is -2.29. The molecule has 1 aliphatic rings. The number of aromatic nitrogens is 1. The van der Waals surface area contributed by atoms with Crippen LogP contribution in [0.25, 0.3) is 10.9 Å². The van der Waals surface area contributed by atoms with Gasteiger partial charge in [0.15, 0.2) is 0 Å². The van der Waals surface area contributed by atoms with Gasteiger partial charge in [-0.25, -0.2) is 0 Å². The Morgan fingerprint density at radius 3 is 2.90 bits per heavy atom. The summed E-state index contributed by atoms with van der Waals surface area (Å²) in [7, 11) is 2.13. The Kier molecular flexibility index (Phi) is 3.74. The molecule has 0 unspecified atom stereocenters. The van der Waals surface area contributed by atoms with Crippen LogP contribution in [0.2, 0.25) is 0 Å². The van der Waals surface area contributed by atoms with Crippen LogP contribution in [-0.2, 0) is 4.74 Å². The summed E-state index contributed by atoms with van der Waals surface area (Å²) in [6.45, 7) is 2.82. The molecule has 2 N–H and O–H groups in total. The van der Waals surface area contributed by atoms with Crippen LogP contribution in [0.1, 0.15) is 12.8 Å². The van der Waals surface area contributed by atoms with Crippen molar-refractivity contribution in [1.29, 1.82) is 0 Å². The van der Waals surface area contributed by atoms with Gasteiger partial charge in [-0.15, -0.1) is 0 Å². The molecule has 0 saturated carbocycles. The zero-order chi connectivity index (χ0) is 13.9. The molecule has 1 saturated heterocycles. The summed E-state index contributed by atoms with van der Waals surface area (Å²) in [5.74, 6) is 0.699. The molecule has 0 amide bonds. The Morgan fingerprint density at radius 1 is 1.30 bits per heavy atom. The van der Waals surface area contributed by atoms with Gasteiger partial charge in [0.1, 0.15) is 0 Å². The van der Waals surface area contributed by atoms with Crippen LogP contribution in [-0.4, -0.2) is 31.8 Å². The third-order valence-electron chi connectivity index (χ3n) is 4.07. The van der Waals surface area contributed by atoms with Crippen molar-refractivity contribution in [2.75, 3.05) is 37.4 Å². The maximum absolute atomic E-state index is 6.03. The van der Waals surface area contributed by atoms with E-state index in [1.54, 1.807) is 0 Å². The van der Waals surface area contributed by atoms with Crippen molar-refractivity contribution in [1.82, 2.24) is 4.98 Å². The van der Waals surface area contributed by atoms with E-state index >= 15 is 0 Å². The number of pyridine rings is 1. The summed E-state index contributed by atoms with van der Waals surface area (Å²) in [5.41, 5.74) is 8.96. The Hall–Kier alpha value is -1.81. The van der Waals surface area contributed by atoms with Crippen LogP contribution in [0.3, 0.4) is 0 Å². The number of nitrogen functional groups attached to an aromatic ring is 1. The molecule has 0 spiro atoms. The maximum atomic E-state index is 6.03. The second kappa shape index (κ2) is 5.67. The van der Waals surface area contributed by atoms with Crippen molar-refractivity contribution in [2.45, 2.75) is 12.8 Å². The minimum Gasteiger partial charge on any atom is -0.398 e. The molecule has 106 valence electrons. The van der Waals surface area contributed by atoms with Gasteiger partial charge in [0.2, 0.25) is 0 Å². The normalized spacial score (nSPS) is 16.4. The van der Waals surface area contributed by atoms with Crippen LogP contribution in [0.4, 0.5) is 11.4 Å². The van der Waals surface area contributed by atoms with Crippen molar-refractivity contribution in [3.05, 3.63) is 30.5 Å². The van der Waals surface area contributed by atoms with Crippen LogP contribution < -0.4 is 10.6 Å². The number of anilines is 2. The monoisotopic (exact) mass is 271 g/mol. The Bertz CT molecular complexity index is 593. The molecule has 0 aliphatic carbocycles. The molecule has 2 heterocycles. The summed E-state index contributed by atoms with van der Waals surface area (Å²) < 4.78 is 5.43. The molecule has 20 heavy (non-hydrogen) atoms. The van der Waals surface area contributed by atoms with Crippen molar-refractivity contribution < 1.29 is 4.74 Å². The van der Waals surface area contributed by atoms with Gasteiger partial charge in [0.25, 0.3) is 0 Å². The van der Waals surface area contributed by atoms with Gasteiger partial charge in [0, 0.05) is 44.1 Å². The lowest BCUT2D eigenvalue weighted by Gasteiger charge is -2.29. The topological polar surface area (TPSA) is 51.4 Å². The van der Waals surface area contributed by atoms with Crippen LogP contribution >= 0.6 is 0 Å². The van der Waals surface area contributed by atoms with E-state index in [1.165, 1.54) is 0 Å². The first-order valence-corrected chi connectivity index (χ1v) is 7.18. The lowest BCUT2D eigenvalue weighted by molar-refractivity contribution is 0.0685. The van der Waals surface area contributed by atoms with Gasteiger partial charge < -0.3 is 15.4 Å². The third kappa shape index (κ3) is 2.56. The molecule has 4 heteroatoms. The van der Waals surface area contributed by atoms with Crippen LogP contribution in [0.15, 0.2) is 30.5 Å². The molecule has 1 aliphatic heterocycles. The number of nitrogens with two attached hydrogens (primary N) is 1. The number of fused-ring (bicyclic) bond motifs is 1. The van der Waals surface area contributed by atoms with E-state index in [1.807, 2.05) is 24.4 Å². The van der Waals surface area contributed by atoms with E-state index in [2.05, 4.69) is 23.0 Å². The molecule has 4 nitrogen and oxygen atoms in total. The number of benzene rings is 1. The van der Waals surface area contributed by atoms with Crippen molar-refractivity contribution in [3.8, 4) is 0 Å². The standard InChI is InChI=1S/C16H21N3O/c1-19(11-12-6-9-20-10-7-12)15-5-4-14(17)13-3-2-8-18-16(13)15/h2-5,8,12H,6-7,9-11,17H2,1H3. The van der Waals surface area contributed by atoms with Gasteiger partial charge in [-0.3, -0.25) is 4.98 Å². The van der Waals surface area contributed by atoms with Crippen LogP contribution in [0, 0.1) is 5.92 Å². The highest BCUT2D eigenvalue weighted by atomic mass is 16.5. The van der Waals surface area contributed by atoms with Gasteiger partial charge in [-0.2, -0.15) is 0 Å². The van der Waals surface area contributed by atoms with Gasteiger partial charge >= 0.3 is 0 Å². The van der Waals surface area contributed by atoms with Crippen molar-refractivity contribution in [2.24, 2.45) is 5.92 Å². The molecule has 1 aromatic carbocycles. The molecule has 3 rings (SSSR count). The number of hydrogen-bond acceptors (Lipinski definition) is 4. The number of hydrogen-bond donors (Lipinski definition) is 1. The second-order valence-corrected chi connectivity index (χ2v) is 5.51. The van der Waals surface area contributed by atoms with E-state index in [0.717, 1.165) is 54.9 Å². The maximum Gasteiger partial charge on any atom is 0.0955 e. The van der Waals surface area contributed by atoms with E-state index in [9.17, 15) is 0 Å². The summed E-state index contributed by atoms with van der Waals surface area (Å²) in [5, 5.41) is 1.03. The van der Waals surface area contributed by atoms with Gasteiger partial charge in [-0.05, 0) is 43.0 Å². The highest BCUT2D eigenvalue weighted by Crippen LogP contribution is 2.29. The Balaban J connectivity index is 1.87. The highest BCUT2D eigenvalue weighted by Gasteiger charge is 2.17.